The summed E-state index contributed by atoms with van der Waals surface area (Å²) in [5.74, 6) is -3.19. The van der Waals surface area contributed by atoms with Crippen LogP contribution in [0.25, 0.3) is 11.0 Å². The molecule has 1 aliphatic carbocycles. The highest BCUT2D eigenvalue weighted by molar-refractivity contribution is 5.94. The van der Waals surface area contributed by atoms with Gasteiger partial charge < -0.3 is 16.0 Å². The SMILES string of the molecule is CC(N[C@@H]1CCC(F)(F)C1)c1cc(C(N)=O)nc2cc[nH]c12. The van der Waals surface area contributed by atoms with Crippen LogP contribution in [-0.2, 0) is 0 Å². The molecule has 0 radical (unpaired) electrons. The third-order valence-corrected chi connectivity index (χ3v) is 4.16. The molecule has 0 saturated heterocycles. The highest BCUT2D eigenvalue weighted by atomic mass is 19.3. The van der Waals surface area contributed by atoms with Gasteiger partial charge >= 0.3 is 0 Å². The zero-order chi connectivity index (χ0) is 15.9. The van der Waals surface area contributed by atoms with Crippen molar-refractivity contribution < 1.29 is 13.6 Å². The van der Waals surface area contributed by atoms with E-state index < -0.39 is 11.8 Å². The predicted octanol–water partition coefficient (Wildman–Crippen LogP) is 2.50. The fraction of sp³-hybridized carbons (Fsp3) is 0.467. The number of halogens is 2. The summed E-state index contributed by atoms with van der Waals surface area (Å²) in [5, 5.41) is 3.22. The van der Waals surface area contributed by atoms with E-state index in [-0.39, 0.29) is 30.6 Å². The zero-order valence-corrected chi connectivity index (χ0v) is 12.2. The van der Waals surface area contributed by atoms with Crippen LogP contribution in [0.5, 0.6) is 0 Å². The Morgan fingerprint density at radius 3 is 3.00 bits per heavy atom. The number of primary amides is 1. The number of alkyl halides is 2. The number of hydrogen-bond donors (Lipinski definition) is 3. The van der Waals surface area contributed by atoms with E-state index >= 15 is 0 Å². The Labute approximate surface area is 126 Å². The van der Waals surface area contributed by atoms with Gasteiger partial charge in [0.2, 0.25) is 5.92 Å². The van der Waals surface area contributed by atoms with E-state index in [4.69, 9.17) is 5.73 Å². The standard InChI is InChI=1S/C15H18F2N4O/c1-8(20-9-2-4-15(16,17)7-9)10-6-12(14(18)22)21-11-3-5-19-13(10)11/h3,5-6,8-9,19-20H,2,4,7H2,1H3,(H2,18,22)/t8?,9-/m1/s1. The van der Waals surface area contributed by atoms with Gasteiger partial charge in [-0.05, 0) is 31.0 Å². The summed E-state index contributed by atoms with van der Waals surface area (Å²) in [4.78, 5) is 18.7. The fourth-order valence-corrected chi connectivity index (χ4v) is 3.07. The number of nitrogens with two attached hydrogens (primary N) is 1. The molecule has 2 heterocycles. The van der Waals surface area contributed by atoms with Gasteiger partial charge in [-0.15, -0.1) is 0 Å². The lowest BCUT2D eigenvalue weighted by Gasteiger charge is -2.20. The van der Waals surface area contributed by atoms with Gasteiger partial charge in [0, 0.05) is 31.1 Å². The summed E-state index contributed by atoms with van der Waals surface area (Å²) in [5.41, 5.74) is 7.71. The molecule has 0 bridgehead atoms. The summed E-state index contributed by atoms with van der Waals surface area (Å²) in [6, 6.07) is 2.94. The molecule has 1 fully saturated rings. The van der Waals surface area contributed by atoms with Gasteiger partial charge in [0.25, 0.3) is 5.91 Å². The molecule has 2 atom stereocenters. The van der Waals surface area contributed by atoms with Crippen molar-refractivity contribution in [3.05, 3.63) is 29.6 Å². The number of rotatable bonds is 4. The maximum absolute atomic E-state index is 13.3. The molecule has 0 aliphatic heterocycles. The third-order valence-electron chi connectivity index (χ3n) is 4.16. The van der Waals surface area contributed by atoms with Crippen molar-refractivity contribution >= 4 is 16.9 Å². The van der Waals surface area contributed by atoms with Gasteiger partial charge in [0.05, 0.1) is 11.0 Å². The summed E-state index contributed by atoms with van der Waals surface area (Å²) in [7, 11) is 0. The van der Waals surface area contributed by atoms with E-state index in [0.717, 1.165) is 11.1 Å². The molecule has 4 N–H and O–H groups in total. The molecule has 5 nitrogen and oxygen atoms in total. The first-order valence-corrected chi connectivity index (χ1v) is 7.27. The van der Waals surface area contributed by atoms with E-state index in [9.17, 15) is 13.6 Å². The van der Waals surface area contributed by atoms with Crippen LogP contribution < -0.4 is 11.1 Å². The highest BCUT2D eigenvalue weighted by Crippen LogP contribution is 2.36. The molecule has 1 unspecified atom stereocenters. The third kappa shape index (κ3) is 2.81. The molecule has 1 aliphatic rings. The largest absolute Gasteiger partial charge is 0.364 e. The van der Waals surface area contributed by atoms with Crippen LogP contribution in [0, 0.1) is 0 Å². The molecule has 2 aromatic rings. The summed E-state index contributed by atoms with van der Waals surface area (Å²) >= 11 is 0. The van der Waals surface area contributed by atoms with Crippen molar-refractivity contribution in [3.8, 4) is 0 Å². The quantitative estimate of drug-likeness (QED) is 0.811. The summed E-state index contributed by atoms with van der Waals surface area (Å²) in [6.07, 6.45) is 1.93. The van der Waals surface area contributed by atoms with Gasteiger partial charge in [-0.25, -0.2) is 13.8 Å². The second-order valence-corrected chi connectivity index (χ2v) is 5.88. The van der Waals surface area contributed by atoms with Gasteiger partial charge in [0.15, 0.2) is 0 Å². The number of aromatic amines is 1. The minimum atomic E-state index is -2.59. The number of H-pyrrole nitrogens is 1. The van der Waals surface area contributed by atoms with Crippen molar-refractivity contribution in [3.63, 3.8) is 0 Å². The number of fused-ring (bicyclic) bond motifs is 1. The molecule has 1 amide bonds. The minimum Gasteiger partial charge on any atom is -0.364 e. The number of amides is 1. The first kappa shape index (κ1) is 14.9. The predicted molar refractivity (Wildman–Crippen MR) is 78.7 cm³/mol. The second-order valence-electron chi connectivity index (χ2n) is 5.88. The fourth-order valence-electron chi connectivity index (χ4n) is 3.07. The molecule has 3 rings (SSSR count). The van der Waals surface area contributed by atoms with E-state index in [1.807, 2.05) is 6.92 Å². The van der Waals surface area contributed by atoms with E-state index in [2.05, 4.69) is 15.3 Å². The van der Waals surface area contributed by atoms with Crippen molar-refractivity contribution in [2.45, 2.75) is 44.2 Å². The zero-order valence-electron chi connectivity index (χ0n) is 12.2. The van der Waals surface area contributed by atoms with Crippen LogP contribution in [0.4, 0.5) is 8.78 Å². The lowest BCUT2D eigenvalue weighted by Crippen LogP contribution is -2.31. The smallest absolute Gasteiger partial charge is 0.267 e. The Kier molecular flexibility index (Phi) is 3.60. The highest BCUT2D eigenvalue weighted by Gasteiger charge is 2.39. The molecular formula is C15H18F2N4O. The van der Waals surface area contributed by atoms with Crippen LogP contribution in [0.1, 0.15) is 48.3 Å². The molecule has 7 heteroatoms. The number of nitrogens with zero attached hydrogens (tertiary/aromatic N) is 1. The molecule has 0 spiro atoms. The number of pyridine rings is 1. The molecular weight excluding hydrogens is 290 g/mol. The number of carbonyl (C=O) groups is 1. The Hall–Kier alpha value is -2.02. The Bertz CT molecular complexity index is 713. The first-order chi connectivity index (χ1) is 10.4. The minimum absolute atomic E-state index is 0.0851. The first-order valence-electron chi connectivity index (χ1n) is 7.27. The van der Waals surface area contributed by atoms with Crippen molar-refractivity contribution in [1.29, 1.82) is 0 Å². The van der Waals surface area contributed by atoms with Crippen LogP contribution >= 0.6 is 0 Å². The van der Waals surface area contributed by atoms with Crippen LogP contribution in [0.2, 0.25) is 0 Å². The lowest BCUT2D eigenvalue weighted by molar-refractivity contribution is 0.00664. The van der Waals surface area contributed by atoms with E-state index in [1.54, 1.807) is 18.3 Å². The van der Waals surface area contributed by atoms with Crippen LogP contribution in [0.3, 0.4) is 0 Å². The maximum Gasteiger partial charge on any atom is 0.267 e. The molecule has 1 saturated carbocycles. The summed E-state index contributed by atoms with van der Waals surface area (Å²) in [6.45, 7) is 1.89. The monoisotopic (exact) mass is 308 g/mol. The van der Waals surface area contributed by atoms with Crippen molar-refractivity contribution in [2.75, 3.05) is 0 Å². The number of aromatic nitrogens is 2. The molecule has 0 aromatic carbocycles. The normalized spacial score (nSPS) is 22.0. The topological polar surface area (TPSA) is 83.8 Å². The number of nitrogens with one attached hydrogen (secondary N) is 2. The Morgan fingerprint density at radius 1 is 1.59 bits per heavy atom. The van der Waals surface area contributed by atoms with Gasteiger partial charge in [-0.2, -0.15) is 0 Å². The lowest BCUT2D eigenvalue weighted by atomic mass is 10.0. The van der Waals surface area contributed by atoms with Crippen molar-refractivity contribution in [1.82, 2.24) is 15.3 Å². The van der Waals surface area contributed by atoms with Gasteiger partial charge in [0.1, 0.15) is 5.69 Å². The molecule has 22 heavy (non-hydrogen) atoms. The molecule has 2 aromatic heterocycles. The van der Waals surface area contributed by atoms with Crippen LogP contribution in [0.15, 0.2) is 18.3 Å². The number of hydrogen-bond acceptors (Lipinski definition) is 3. The Morgan fingerprint density at radius 2 is 2.36 bits per heavy atom. The Balaban J connectivity index is 1.88. The average molecular weight is 308 g/mol. The van der Waals surface area contributed by atoms with E-state index in [0.29, 0.717) is 11.9 Å². The number of carbonyl (C=O) groups excluding carboxylic acids is 1. The molecule has 118 valence electrons. The summed E-state index contributed by atoms with van der Waals surface area (Å²) < 4.78 is 26.6. The second kappa shape index (κ2) is 5.31. The van der Waals surface area contributed by atoms with Crippen LogP contribution in [-0.4, -0.2) is 27.8 Å². The average Bonchev–Trinajstić information content (AvgIpc) is 3.03. The maximum atomic E-state index is 13.3. The van der Waals surface area contributed by atoms with Gasteiger partial charge in [-0.3, -0.25) is 4.79 Å². The van der Waals surface area contributed by atoms with Gasteiger partial charge in [-0.1, -0.05) is 0 Å². The van der Waals surface area contributed by atoms with E-state index in [1.165, 1.54) is 0 Å². The van der Waals surface area contributed by atoms with Crippen molar-refractivity contribution in [2.24, 2.45) is 5.73 Å².